The van der Waals surface area contributed by atoms with Crippen LogP contribution in [0.15, 0.2) is 53.9 Å². The maximum absolute atomic E-state index is 2.42. The standard InChI is InChI=1S/C16H9NS/c1-2-7-14-10(4-1)11-5-3-6-12-13-8-9-18-16(13)17(14)15(11)12/h1-9H. The Kier molecular flexibility index (Phi) is 1.41. The van der Waals surface area contributed by atoms with Gasteiger partial charge in [-0.2, -0.15) is 0 Å². The Morgan fingerprint density at radius 2 is 1.50 bits per heavy atom. The number of para-hydroxylation sites is 2. The molecule has 0 saturated carbocycles. The normalized spacial score (nSPS) is 12.4. The molecule has 0 aliphatic carbocycles. The Hall–Kier alpha value is -2.06. The highest BCUT2D eigenvalue weighted by atomic mass is 32.1. The third-order valence-corrected chi connectivity index (χ3v) is 4.73. The third kappa shape index (κ3) is 0.833. The summed E-state index contributed by atoms with van der Waals surface area (Å²) in [5.74, 6) is 0. The van der Waals surface area contributed by atoms with Crippen LogP contribution < -0.4 is 0 Å². The van der Waals surface area contributed by atoms with Gasteiger partial charge < -0.3 is 0 Å². The van der Waals surface area contributed by atoms with Gasteiger partial charge in [-0.3, -0.25) is 4.40 Å². The Morgan fingerprint density at radius 3 is 2.44 bits per heavy atom. The number of benzene rings is 2. The van der Waals surface area contributed by atoms with Crippen LogP contribution in [0, 0.1) is 0 Å². The summed E-state index contributed by atoms with van der Waals surface area (Å²) in [5.41, 5.74) is 2.70. The summed E-state index contributed by atoms with van der Waals surface area (Å²) >= 11 is 1.82. The van der Waals surface area contributed by atoms with Crippen molar-refractivity contribution in [2.75, 3.05) is 0 Å². The molecule has 2 heteroatoms. The minimum absolute atomic E-state index is 1.32. The van der Waals surface area contributed by atoms with Crippen LogP contribution in [-0.2, 0) is 0 Å². The minimum Gasteiger partial charge on any atom is -0.300 e. The van der Waals surface area contributed by atoms with Gasteiger partial charge in [-0.1, -0.05) is 36.4 Å². The van der Waals surface area contributed by atoms with Gasteiger partial charge in [0.25, 0.3) is 0 Å². The monoisotopic (exact) mass is 247 g/mol. The summed E-state index contributed by atoms with van der Waals surface area (Å²) in [6.45, 7) is 0. The lowest BCUT2D eigenvalue weighted by atomic mass is 10.1. The van der Waals surface area contributed by atoms with Gasteiger partial charge in [0.1, 0.15) is 4.83 Å². The fraction of sp³-hybridized carbons (Fsp3) is 0. The van der Waals surface area contributed by atoms with Crippen LogP contribution in [0.3, 0.4) is 0 Å². The Morgan fingerprint density at radius 1 is 0.722 bits per heavy atom. The number of hydrogen-bond donors (Lipinski definition) is 0. The fourth-order valence-electron chi connectivity index (χ4n) is 3.13. The van der Waals surface area contributed by atoms with E-state index in [4.69, 9.17) is 0 Å². The van der Waals surface area contributed by atoms with Gasteiger partial charge in [-0.05, 0) is 17.5 Å². The SMILES string of the molecule is c1ccc2c(c1)c1cccc3c4ccsc4n2c13. The molecule has 0 atom stereocenters. The summed E-state index contributed by atoms with van der Waals surface area (Å²) < 4.78 is 2.42. The molecule has 0 unspecified atom stereocenters. The summed E-state index contributed by atoms with van der Waals surface area (Å²) in [6, 6.07) is 17.5. The lowest BCUT2D eigenvalue weighted by Crippen LogP contribution is -1.75. The van der Waals surface area contributed by atoms with Crippen molar-refractivity contribution in [3.05, 3.63) is 53.9 Å². The second-order valence-corrected chi connectivity index (χ2v) is 5.59. The highest BCUT2D eigenvalue weighted by molar-refractivity contribution is 7.17. The van der Waals surface area contributed by atoms with Gasteiger partial charge in [0, 0.05) is 21.5 Å². The van der Waals surface area contributed by atoms with Crippen molar-refractivity contribution in [1.82, 2.24) is 4.40 Å². The lowest BCUT2D eigenvalue weighted by molar-refractivity contribution is 1.40. The molecule has 5 aromatic rings. The molecule has 0 aliphatic rings. The second kappa shape index (κ2) is 2.85. The molecule has 0 saturated heterocycles. The average Bonchev–Trinajstić information content (AvgIpc) is 3.06. The highest BCUT2D eigenvalue weighted by Gasteiger charge is 2.16. The minimum atomic E-state index is 1.32. The van der Waals surface area contributed by atoms with Crippen LogP contribution in [0.1, 0.15) is 0 Å². The maximum Gasteiger partial charge on any atom is 0.108 e. The predicted molar refractivity (Wildman–Crippen MR) is 79.0 cm³/mol. The Balaban J connectivity index is 2.35. The molecule has 84 valence electrons. The van der Waals surface area contributed by atoms with Crippen molar-refractivity contribution >= 4 is 48.7 Å². The van der Waals surface area contributed by atoms with Crippen LogP contribution in [0.25, 0.3) is 37.4 Å². The molecule has 2 aromatic carbocycles. The molecule has 3 heterocycles. The first-order valence-corrected chi connectivity index (χ1v) is 6.93. The third-order valence-electron chi connectivity index (χ3n) is 3.83. The first-order chi connectivity index (χ1) is 8.95. The number of nitrogens with zero attached hydrogens (tertiary/aromatic N) is 1. The van der Waals surface area contributed by atoms with Crippen LogP contribution in [0.5, 0.6) is 0 Å². The lowest BCUT2D eigenvalue weighted by Gasteiger charge is -1.92. The zero-order valence-corrected chi connectivity index (χ0v) is 10.4. The quantitative estimate of drug-likeness (QED) is 0.366. The summed E-state index contributed by atoms with van der Waals surface area (Å²) in [6.07, 6.45) is 0. The molecule has 0 aliphatic heterocycles. The molecule has 18 heavy (non-hydrogen) atoms. The molecule has 3 aromatic heterocycles. The average molecular weight is 247 g/mol. The molecule has 0 N–H and O–H groups in total. The maximum atomic E-state index is 2.42. The molecule has 5 rings (SSSR count). The molecular weight excluding hydrogens is 238 g/mol. The molecular formula is C16H9NS. The van der Waals surface area contributed by atoms with Gasteiger partial charge in [0.05, 0.1) is 11.0 Å². The Bertz CT molecular complexity index is 1020. The van der Waals surface area contributed by atoms with Gasteiger partial charge in [0.15, 0.2) is 0 Å². The van der Waals surface area contributed by atoms with E-state index >= 15 is 0 Å². The van der Waals surface area contributed by atoms with Gasteiger partial charge in [-0.15, -0.1) is 11.3 Å². The van der Waals surface area contributed by atoms with Crippen molar-refractivity contribution in [1.29, 1.82) is 0 Å². The van der Waals surface area contributed by atoms with Crippen LogP contribution in [0.4, 0.5) is 0 Å². The van der Waals surface area contributed by atoms with E-state index in [9.17, 15) is 0 Å². The first kappa shape index (κ1) is 8.95. The number of rotatable bonds is 0. The zero-order chi connectivity index (χ0) is 11.7. The van der Waals surface area contributed by atoms with E-state index in [0.717, 1.165) is 0 Å². The van der Waals surface area contributed by atoms with Gasteiger partial charge in [-0.25, -0.2) is 0 Å². The summed E-state index contributed by atoms with van der Waals surface area (Å²) in [7, 11) is 0. The largest absolute Gasteiger partial charge is 0.300 e. The van der Waals surface area contributed by atoms with Crippen LogP contribution in [-0.4, -0.2) is 4.40 Å². The van der Waals surface area contributed by atoms with E-state index in [-0.39, 0.29) is 0 Å². The molecule has 0 spiro atoms. The highest BCUT2D eigenvalue weighted by Crippen LogP contribution is 2.40. The van der Waals surface area contributed by atoms with E-state index in [0.29, 0.717) is 0 Å². The topological polar surface area (TPSA) is 4.41 Å². The van der Waals surface area contributed by atoms with Crippen molar-refractivity contribution in [3.63, 3.8) is 0 Å². The van der Waals surface area contributed by atoms with E-state index < -0.39 is 0 Å². The van der Waals surface area contributed by atoms with E-state index in [1.165, 1.54) is 37.4 Å². The predicted octanol–water partition coefficient (Wildman–Crippen LogP) is 4.90. The van der Waals surface area contributed by atoms with E-state index in [2.05, 4.69) is 58.3 Å². The molecule has 0 radical (unpaired) electrons. The molecule has 0 amide bonds. The number of hydrogen-bond acceptors (Lipinski definition) is 1. The smallest absolute Gasteiger partial charge is 0.108 e. The molecule has 0 fully saturated rings. The van der Waals surface area contributed by atoms with Gasteiger partial charge in [0.2, 0.25) is 0 Å². The Labute approximate surface area is 107 Å². The number of fused-ring (bicyclic) bond motifs is 6. The zero-order valence-electron chi connectivity index (χ0n) is 9.55. The second-order valence-electron chi connectivity index (χ2n) is 4.69. The number of thiophene rings is 1. The van der Waals surface area contributed by atoms with Crippen molar-refractivity contribution < 1.29 is 0 Å². The van der Waals surface area contributed by atoms with Crippen molar-refractivity contribution in [2.24, 2.45) is 0 Å². The van der Waals surface area contributed by atoms with Crippen LogP contribution in [0.2, 0.25) is 0 Å². The van der Waals surface area contributed by atoms with E-state index in [1.54, 1.807) is 0 Å². The summed E-state index contributed by atoms with van der Waals surface area (Å²) in [4.78, 5) is 1.36. The fourth-order valence-corrected chi connectivity index (χ4v) is 4.06. The summed E-state index contributed by atoms with van der Waals surface area (Å²) in [5, 5.41) is 7.66. The number of aromatic nitrogens is 1. The van der Waals surface area contributed by atoms with Crippen molar-refractivity contribution in [3.8, 4) is 0 Å². The first-order valence-electron chi connectivity index (χ1n) is 6.05. The van der Waals surface area contributed by atoms with Crippen LogP contribution >= 0.6 is 11.3 Å². The van der Waals surface area contributed by atoms with Gasteiger partial charge >= 0.3 is 0 Å². The van der Waals surface area contributed by atoms with E-state index in [1.807, 2.05) is 11.3 Å². The molecule has 0 bridgehead atoms. The molecule has 1 nitrogen and oxygen atoms in total. The van der Waals surface area contributed by atoms with Crippen molar-refractivity contribution in [2.45, 2.75) is 0 Å².